The Labute approximate surface area is 78.8 Å². The van der Waals surface area contributed by atoms with Crippen molar-refractivity contribution in [3.63, 3.8) is 0 Å². The fraction of sp³-hybridized carbons (Fsp3) is 0.889. The first-order chi connectivity index (χ1) is 6.02. The summed E-state index contributed by atoms with van der Waals surface area (Å²) in [5, 5.41) is 8.42. The van der Waals surface area contributed by atoms with Gasteiger partial charge in [0.25, 0.3) is 0 Å². The number of carbonyl (C=O) groups is 1. The zero-order valence-electron chi connectivity index (χ0n) is 8.45. The Morgan fingerprint density at radius 1 is 1.23 bits per heavy atom. The molecular weight excluding hydrogens is 172 g/mol. The molecule has 0 aromatic rings. The van der Waals surface area contributed by atoms with E-state index in [0.717, 1.165) is 0 Å². The Hall–Kier alpha value is -0.610. The first kappa shape index (κ1) is 12.4. The molecule has 0 rings (SSSR count). The van der Waals surface area contributed by atoms with Crippen LogP contribution in [0.2, 0.25) is 0 Å². The van der Waals surface area contributed by atoms with Crippen LogP contribution in [0, 0.1) is 0 Å². The summed E-state index contributed by atoms with van der Waals surface area (Å²) in [6.07, 6.45) is -0.00607. The number of carboxylic acid groups (broad SMARTS) is 1. The van der Waals surface area contributed by atoms with E-state index in [1.54, 1.807) is 6.92 Å². The SMILES string of the molecule is CC(C)OCCOC(C)CC(=O)O. The van der Waals surface area contributed by atoms with Gasteiger partial charge in [0.2, 0.25) is 0 Å². The molecule has 0 amide bonds. The molecule has 0 aromatic heterocycles. The highest BCUT2D eigenvalue weighted by molar-refractivity contribution is 5.67. The second kappa shape index (κ2) is 6.86. The van der Waals surface area contributed by atoms with E-state index < -0.39 is 5.97 Å². The van der Waals surface area contributed by atoms with Gasteiger partial charge < -0.3 is 14.6 Å². The third-order valence-corrected chi connectivity index (χ3v) is 1.40. The third kappa shape index (κ3) is 9.30. The molecule has 13 heavy (non-hydrogen) atoms. The van der Waals surface area contributed by atoms with Crippen LogP contribution >= 0.6 is 0 Å². The van der Waals surface area contributed by atoms with Crippen LogP contribution < -0.4 is 0 Å². The highest BCUT2D eigenvalue weighted by Gasteiger charge is 2.07. The number of carboxylic acids is 1. The predicted molar refractivity (Wildman–Crippen MR) is 48.8 cm³/mol. The van der Waals surface area contributed by atoms with E-state index in [-0.39, 0.29) is 18.6 Å². The van der Waals surface area contributed by atoms with Gasteiger partial charge >= 0.3 is 5.97 Å². The summed E-state index contributed by atoms with van der Waals surface area (Å²) < 4.78 is 10.4. The lowest BCUT2D eigenvalue weighted by molar-refractivity contribution is -0.140. The van der Waals surface area contributed by atoms with E-state index in [9.17, 15) is 4.79 Å². The number of hydrogen-bond acceptors (Lipinski definition) is 3. The minimum Gasteiger partial charge on any atom is -0.481 e. The van der Waals surface area contributed by atoms with Crippen LogP contribution in [0.3, 0.4) is 0 Å². The maximum atomic E-state index is 10.2. The Bertz CT molecular complexity index is 145. The van der Waals surface area contributed by atoms with E-state index in [1.807, 2.05) is 13.8 Å². The number of ether oxygens (including phenoxy) is 2. The van der Waals surface area contributed by atoms with Crippen molar-refractivity contribution in [3.05, 3.63) is 0 Å². The van der Waals surface area contributed by atoms with Gasteiger partial charge in [-0.25, -0.2) is 0 Å². The van der Waals surface area contributed by atoms with Crippen molar-refractivity contribution in [1.29, 1.82) is 0 Å². The Kier molecular flexibility index (Phi) is 6.54. The van der Waals surface area contributed by atoms with E-state index in [4.69, 9.17) is 14.6 Å². The summed E-state index contributed by atoms with van der Waals surface area (Å²) in [4.78, 5) is 10.2. The molecule has 0 spiro atoms. The topological polar surface area (TPSA) is 55.8 Å². The lowest BCUT2D eigenvalue weighted by Gasteiger charge is -2.12. The van der Waals surface area contributed by atoms with E-state index in [2.05, 4.69) is 0 Å². The smallest absolute Gasteiger partial charge is 0.305 e. The zero-order chi connectivity index (χ0) is 10.3. The van der Waals surface area contributed by atoms with Crippen molar-refractivity contribution in [2.45, 2.75) is 39.4 Å². The van der Waals surface area contributed by atoms with Crippen LogP contribution in [0.15, 0.2) is 0 Å². The summed E-state index contributed by atoms with van der Waals surface area (Å²) in [6.45, 7) is 6.60. The summed E-state index contributed by atoms with van der Waals surface area (Å²) in [6, 6.07) is 0. The number of rotatable bonds is 7. The first-order valence-electron chi connectivity index (χ1n) is 4.47. The Morgan fingerprint density at radius 3 is 2.23 bits per heavy atom. The fourth-order valence-corrected chi connectivity index (χ4v) is 0.838. The molecule has 0 aliphatic carbocycles. The lowest BCUT2D eigenvalue weighted by Crippen LogP contribution is -2.17. The summed E-state index contributed by atoms with van der Waals surface area (Å²) in [7, 11) is 0. The number of hydrogen-bond donors (Lipinski definition) is 1. The molecule has 0 aliphatic rings. The highest BCUT2D eigenvalue weighted by Crippen LogP contribution is 1.97. The van der Waals surface area contributed by atoms with Gasteiger partial charge in [-0.2, -0.15) is 0 Å². The monoisotopic (exact) mass is 190 g/mol. The van der Waals surface area contributed by atoms with Gasteiger partial charge in [0.1, 0.15) is 0 Å². The van der Waals surface area contributed by atoms with Gasteiger partial charge in [0.05, 0.1) is 31.8 Å². The molecule has 0 bridgehead atoms. The third-order valence-electron chi connectivity index (χ3n) is 1.40. The van der Waals surface area contributed by atoms with Crippen LogP contribution in [-0.2, 0) is 14.3 Å². The molecule has 4 nitrogen and oxygen atoms in total. The van der Waals surface area contributed by atoms with Crippen LogP contribution in [0.25, 0.3) is 0 Å². The van der Waals surface area contributed by atoms with Gasteiger partial charge in [-0.05, 0) is 20.8 Å². The van der Waals surface area contributed by atoms with Crippen LogP contribution in [0.1, 0.15) is 27.2 Å². The van der Waals surface area contributed by atoms with Crippen LogP contribution in [-0.4, -0.2) is 36.5 Å². The van der Waals surface area contributed by atoms with E-state index in [0.29, 0.717) is 13.2 Å². The average molecular weight is 190 g/mol. The molecule has 0 fully saturated rings. The minimum absolute atomic E-state index is 0.0433. The van der Waals surface area contributed by atoms with E-state index in [1.165, 1.54) is 0 Å². The maximum absolute atomic E-state index is 10.2. The van der Waals surface area contributed by atoms with Gasteiger partial charge in [-0.3, -0.25) is 4.79 Å². The van der Waals surface area contributed by atoms with Crippen molar-refractivity contribution in [2.75, 3.05) is 13.2 Å². The highest BCUT2D eigenvalue weighted by atomic mass is 16.5. The van der Waals surface area contributed by atoms with Crippen molar-refractivity contribution in [2.24, 2.45) is 0 Å². The molecule has 0 aliphatic heterocycles. The molecule has 0 radical (unpaired) electrons. The second-order valence-electron chi connectivity index (χ2n) is 3.20. The molecular formula is C9H18O4. The lowest BCUT2D eigenvalue weighted by atomic mass is 10.3. The van der Waals surface area contributed by atoms with Crippen molar-refractivity contribution >= 4 is 5.97 Å². The molecule has 0 aromatic carbocycles. The van der Waals surface area contributed by atoms with Crippen LogP contribution in [0.4, 0.5) is 0 Å². The average Bonchev–Trinajstić information content (AvgIpc) is 1.96. The van der Waals surface area contributed by atoms with Crippen molar-refractivity contribution < 1.29 is 19.4 Å². The Morgan fingerprint density at radius 2 is 1.77 bits per heavy atom. The molecule has 1 N–H and O–H groups in total. The summed E-state index contributed by atoms with van der Waals surface area (Å²) in [5.74, 6) is -0.836. The van der Waals surface area contributed by atoms with Gasteiger partial charge in [-0.1, -0.05) is 0 Å². The van der Waals surface area contributed by atoms with Gasteiger partial charge in [-0.15, -0.1) is 0 Å². The quantitative estimate of drug-likeness (QED) is 0.614. The normalized spacial score (nSPS) is 13.2. The summed E-state index contributed by atoms with van der Waals surface area (Å²) in [5.41, 5.74) is 0. The van der Waals surface area contributed by atoms with Gasteiger partial charge in [0.15, 0.2) is 0 Å². The molecule has 4 heteroatoms. The molecule has 0 saturated carbocycles. The zero-order valence-corrected chi connectivity index (χ0v) is 8.45. The van der Waals surface area contributed by atoms with E-state index >= 15 is 0 Å². The molecule has 1 atom stereocenters. The predicted octanol–water partition coefficient (Wildman–Crippen LogP) is 1.29. The Balaban J connectivity index is 3.26. The maximum Gasteiger partial charge on any atom is 0.305 e. The van der Waals surface area contributed by atoms with Gasteiger partial charge in [0, 0.05) is 0 Å². The van der Waals surface area contributed by atoms with Crippen molar-refractivity contribution in [1.82, 2.24) is 0 Å². The van der Waals surface area contributed by atoms with Crippen molar-refractivity contribution in [3.8, 4) is 0 Å². The molecule has 78 valence electrons. The first-order valence-corrected chi connectivity index (χ1v) is 4.47. The minimum atomic E-state index is -0.836. The standard InChI is InChI=1S/C9H18O4/c1-7(2)12-4-5-13-8(3)6-9(10)11/h7-8H,4-6H2,1-3H3,(H,10,11). The summed E-state index contributed by atoms with van der Waals surface area (Å²) >= 11 is 0. The molecule has 0 saturated heterocycles. The van der Waals surface area contributed by atoms with Crippen LogP contribution in [0.5, 0.6) is 0 Å². The molecule has 0 heterocycles. The second-order valence-corrected chi connectivity index (χ2v) is 3.20. The molecule has 1 unspecified atom stereocenters. The number of aliphatic carboxylic acids is 1. The fourth-order valence-electron chi connectivity index (χ4n) is 0.838. The largest absolute Gasteiger partial charge is 0.481 e.